The number of hydrazone groups is 1. The smallest absolute Gasteiger partial charge is 0.310 e. The largest absolute Gasteiger partial charge is 0.497 e. The van der Waals surface area contributed by atoms with Crippen molar-refractivity contribution < 1.29 is 28.5 Å². The van der Waals surface area contributed by atoms with Crippen LogP contribution in [0.4, 0.5) is 0 Å². The third kappa shape index (κ3) is 6.43. The van der Waals surface area contributed by atoms with Gasteiger partial charge in [-0.3, -0.25) is 9.59 Å². The minimum absolute atomic E-state index is 0.0283. The molecule has 3 aromatic carbocycles. The second-order valence-electron chi connectivity index (χ2n) is 10.1. The Bertz CT molecular complexity index is 1430. The lowest BCUT2D eigenvalue weighted by molar-refractivity contribution is -0.152. The quantitative estimate of drug-likeness (QED) is 0.319. The maximum absolute atomic E-state index is 13.5. The molecule has 1 heterocycles. The summed E-state index contributed by atoms with van der Waals surface area (Å²) < 4.78 is 21.2. The normalized spacial score (nSPS) is 18.9. The Morgan fingerprint density at radius 1 is 0.854 bits per heavy atom. The topological polar surface area (TPSA) is 86.7 Å². The number of hydrogen-bond donors (Lipinski definition) is 0. The summed E-state index contributed by atoms with van der Waals surface area (Å²) >= 11 is 0. The third-order valence-electron chi connectivity index (χ3n) is 7.54. The van der Waals surface area contributed by atoms with Crippen LogP contribution < -0.4 is 14.2 Å². The summed E-state index contributed by atoms with van der Waals surface area (Å²) in [6.45, 7) is -0.386. The molecule has 212 valence electrons. The molecular formula is C33H34N2O6. The number of carbonyl (C=O) groups is 2. The van der Waals surface area contributed by atoms with Crippen LogP contribution in [0.15, 0.2) is 83.5 Å². The van der Waals surface area contributed by atoms with E-state index >= 15 is 0 Å². The van der Waals surface area contributed by atoms with Crippen molar-refractivity contribution in [3.63, 3.8) is 0 Å². The van der Waals surface area contributed by atoms with E-state index in [2.05, 4.69) is 6.08 Å². The van der Waals surface area contributed by atoms with Gasteiger partial charge in [0, 0.05) is 5.92 Å². The molecule has 0 aromatic heterocycles. The van der Waals surface area contributed by atoms with Crippen LogP contribution in [-0.4, -0.2) is 50.5 Å². The Hall–Kier alpha value is -4.59. The summed E-state index contributed by atoms with van der Waals surface area (Å²) in [6.07, 6.45) is 4.95. The van der Waals surface area contributed by atoms with Gasteiger partial charge in [-0.25, -0.2) is 5.01 Å². The molecule has 1 saturated carbocycles. The number of hydrogen-bond acceptors (Lipinski definition) is 7. The van der Waals surface area contributed by atoms with Crippen LogP contribution in [0.3, 0.4) is 0 Å². The molecule has 0 saturated heterocycles. The number of allylic oxidation sites excluding steroid dienone is 1. The number of carbonyl (C=O) groups excluding carboxylic acids is 2. The molecule has 8 heteroatoms. The Balaban J connectivity index is 1.37. The average Bonchev–Trinajstić information content (AvgIpc) is 3.41. The van der Waals surface area contributed by atoms with Crippen molar-refractivity contribution in [3.05, 3.63) is 95.1 Å². The van der Waals surface area contributed by atoms with Crippen molar-refractivity contribution in [1.29, 1.82) is 0 Å². The van der Waals surface area contributed by atoms with Crippen molar-refractivity contribution in [2.24, 2.45) is 11.0 Å². The molecule has 5 rings (SSSR count). The standard InChI is InChI=1S/C33H34N2O6/c1-38-26-13-7-22(8-14-26)19-25-5-4-6-29-32(25)34-35(33(29)24-11-17-28(40-3)18-12-24)30(36)21-41-31(37)20-23-9-15-27(39-2)16-10-23/h7-19,29,33H,4-6,20-21H2,1-3H3. The molecule has 1 fully saturated rings. The fourth-order valence-electron chi connectivity index (χ4n) is 5.41. The first-order valence-electron chi connectivity index (χ1n) is 13.7. The zero-order valence-electron chi connectivity index (χ0n) is 23.5. The number of benzene rings is 3. The summed E-state index contributed by atoms with van der Waals surface area (Å²) in [5, 5.41) is 6.38. The summed E-state index contributed by atoms with van der Waals surface area (Å²) in [7, 11) is 4.86. The monoisotopic (exact) mass is 554 g/mol. The number of nitrogens with zero attached hydrogens (tertiary/aromatic N) is 2. The van der Waals surface area contributed by atoms with Crippen molar-refractivity contribution >= 4 is 23.7 Å². The maximum Gasteiger partial charge on any atom is 0.310 e. The molecule has 0 spiro atoms. The summed E-state index contributed by atoms with van der Waals surface area (Å²) in [4.78, 5) is 26.1. The average molecular weight is 555 g/mol. The summed E-state index contributed by atoms with van der Waals surface area (Å²) in [5.41, 5.74) is 4.79. The Morgan fingerprint density at radius 3 is 2.05 bits per heavy atom. The van der Waals surface area contributed by atoms with Crippen molar-refractivity contribution in [2.75, 3.05) is 27.9 Å². The third-order valence-corrected chi connectivity index (χ3v) is 7.54. The fourth-order valence-corrected chi connectivity index (χ4v) is 5.41. The lowest BCUT2D eigenvalue weighted by atomic mass is 9.77. The summed E-state index contributed by atoms with van der Waals surface area (Å²) in [6, 6.07) is 22.5. The van der Waals surface area contributed by atoms with Gasteiger partial charge in [0.25, 0.3) is 5.91 Å². The van der Waals surface area contributed by atoms with Crippen LogP contribution in [0, 0.1) is 5.92 Å². The van der Waals surface area contributed by atoms with Gasteiger partial charge in [0.05, 0.1) is 39.5 Å². The van der Waals surface area contributed by atoms with Crippen molar-refractivity contribution in [1.82, 2.24) is 5.01 Å². The molecular weight excluding hydrogens is 520 g/mol. The zero-order valence-corrected chi connectivity index (χ0v) is 23.5. The number of esters is 1. The number of ether oxygens (including phenoxy) is 4. The minimum Gasteiger partial charge on any atom is -0.497 e. The highest BCUT2D eigenvalue weighted by Crippen LogP contribution is 2.44. The van der Waals surface area contributed by atoms with Crippen LogP contribution in [0.25, 0.3) is 6.08 Å². The lowest BCUT2D eigenvalue weighted by Crippen LogP contribution is -2.34. The number of amides is 1. The molecule has 2 aliphatic rings. The van der Waals surface area contributed by atoms with Crippen LogP contribution in [-0.2, 0) is 20.7 Å². The first kappa shape index (κ1) is 28.0. The van der Waals surface area contributed by atoms with E-state index in [9.17, 15) is 9.59 Å². The molecule has 2 unspecified atom stereocenters. The molecule has 2 atom stereocenters. The van der Waals surface area contributed by atoms with E-state index in [4.69, 9.17) is 24.0 Å². The summed E-state index contributed by atoms with van der Waals surface area (Å²) in [5.74, 6) is 1.43. The van der Waals surface area contributed by atoms with E-state index in [1.807, 2.05) is 48.5 Å². The highest BCUT2D eigenvalue weighted by atomic mass is 16.5. The SMILES string of the molecule is COc1ccc(C=C2CCCC3C2=NN(C(=O)COC(=O)Cc2ccc(OC)cc2)C3c2ccc(OC)cc2)cc1. The van der Waals surface area contributed by atoms with E-state index in [0.29, 0.717) is 5.75 Å². The van der Waals surface area contributed by atoms with Gasteiger partial charge in [-0.2, -0.15) is 5.10 Å². The van der Waals surface area contributed by atoms with E-state index < -0.39 is 5.97 Å². The van der Waals surface area contributed by atoms with Crippen molar-refractivity contribution in [2.45, 2.75) is 31.7 Å². The molecule has 8 nitrogen and oxygen atoms in total. The Labute approximate surface area is 240 Å². The second kappa shape index (κ2) is 12.7. The van der Waals surface area contributed by atoms with Crippen LogP contribution in [0.2, 0.25) is 0 Å². The van der Waals surface area contributed by atoms with Crippen molar-refractivity contribution in [3.8, 4) is 17.2 Å². The predicted molar refractivity (Wildman–Crippen MR) is 156 cm³/mol. The first-order chi connectivity index (χ1) is 20.0. The van der Waals surface area contributed by atoms with Crippen LogP contribution in [0.5, 0.6) is 17.2 Å². The van der Waals surface area contributed by atoms with E-state index in [1.54, 1.807) is 45.6 Å². The fraction of sp³-hybridized carbons (Fsp3) is 0.303. The molecule has 1 aliphatic carbocycles. The predicted octanol–water partition coefficient (Wildman–Crippen LogP) is 5.62. The highest BCUT2D eigenvalue weighted by Gasteiger charge is 2.43. The lowest BCUT2D eigenvalue weighted by Gasteiger charge is -2.29. The Kier molecular flexibility index (Phi) is 8.67. The van der Waals surface area contributed by atoms with E-state index in [1.165, 1.54) is 5.01 Å². The van der Waals surface area contributed by atoms with Gasteiger partial charge < -0.3 is 18.9 Å². The van der Waals surface area contributed by atoms with Crippen LogP contribution >= 0.6 is 0 Å². The van der Waals surface area contributed by atoms with Gasteiger partial charge in [-0.15, -0.1) is 0 Å². The van der Waals surface area contributed by atoms with Crippen LogP contribution in [0.1, 0.15) is 42.0 Å². The molecule has 0 N–H and O–H groups in total. The van der Waals surface area contributed by atoms with Gasteiger partial charge in [-0.05, 0) is 84.0 Å². The Morgan fingerprint density at radius 2 is 1.44 bits per heavy atom. The molecule has 3 aromatic rings. The van der Waals surface area contributed by atoms with Gasteiger partial charge in [-0.1, -0.05) is 36.4 Å². The molecule has 1 amide bonds. The highest BCUT2D eigenvalue weighted by molar-refractivity contribution is 6.08. The maximum atomic E-state index is 13.5. The molecule has 41 heavy (non-hydrogen) atoms. The molecule has 1 aliphatic heterocycles. The number of fused-ring (bicyclic) bond motifs is 1. The first-order valence-corrected chi connectivity index (χ1v) is 13.7. The molecule has 0 radical (unpaired) electrons. The minimum atomic E-state index is -0.478. The van der Waals surface area contributed by atoms with E-state index in [-0.39, 0.29) is 30.9 Å². The number of rotatable bonds is 9. The molecule has 0 bridgehead atoms. The second-order valence-corrected chi connectivity index (χ2v) is 10.1. The van der Waals surface area contributed by atoms with Gasteiger partial charge in [0.2, 0.25) is 0 Å². The zero-order chi connectivity index (χ0) is 28.8. The van der Waals surface area contributed by atoms with E-state index in [0.717, 1.165) is 58.7 Å². The van der Waals surface area contributed by atoms with Gasteiger partial charge in [0.15, 0.2) is 6.61 Å². The van der Waals surface area contributed by atoms with Gasteiger partial charge in [0.1, 0.15) is 17.2 Å². The number of methoxy groups -OCH3 is 3. The van der Waals surface area contributed by atoms with Gasteiger partial charge >= 0.3 is 5.97 Å².